The molecular weight excluding hydrogens is 380 g/mol. The molecule has 0 aliphatic rings. The number of aryl methyl sites for hydroxylation is 2. The number of fused-ring (bicyclic) bond motifs is 1. The third kappa shape index (κ3) is 4.28. The zero-order valence-corrected chi connectivity index (χ0v) is 16.8. The van der Waals surface area contributed by atoms with Gasteiger partial charge in [0, 0.05) is 38.7 Å². The topological polar surface area (TPSA) is 126 Å². The van der Waals surface area contributed by atoms with Crippen molar-refractivity contribution in [2.24, 2.45) is 0 Å². The number of anilines is 1. The number of imidazole rings is 1. The van der Waals surface area contributed by atoms with Crippen molar-refractivity contribution < 1.29 is 13.2 Å². The summed E-state index contributed by atoms with van der Waals surface area (Å²) in [6.07, 6.45) is 6.39. The van der Waals surface area contributed by atoms with Gasteiger partial charge in [-0.05, 0) is 31.4 Å². The number of nitrogens with two attached hydrogens (primary N) is 1. The quantitative estimate of drug-likeness (QED) is 0.420. The van der Waals surface area contributed by atoms with E-state index in [1.165, 1.54) is 12.4 Å². The van der Waals surface area contributed by atoms with Gasteiger partial charge in [0.2, 0.25) is 15.0 Å². The molecule has 0 saturated carbocycles. The van der Waals surface area contributed by atoms with Crippen LogP contribution >= 0.6 is 0 Å². The van der Waals surface area contributed by atoms with E-state index in [9.17, 15) is 8.42 Å². The van der Waals surface area contributed by atoms with E-state index in [1.54, 1.807) is 19.4 Å². The highest BCUT2D eigenvalue weighted by Gasteiger charge is 2.18. The van der Waals surface area contributed by atoms with E-state index in [0.29, 0.717) is 43.7 Å². The largest absolute Gasteiger partial charge is 0.384 e. The van der Waals surface area contributed by atoms with Crippen LogP contribution in [0.4, 0.5) is 5.82 Å². The molecule has 0 aliphatic carbocycles. The average molecular weight is 404 g/mol. The van der Waals surface area contributed by atoms with Crippen LogP contribution in [0, 0.1) is 6.92 Å². The Morgan fingerprint density at radius 2 is 1.93 bits per heavy atom. The van der Waals surface area contributed by atoms with Crippen molar-refractivity contribution in [2.75, 3.05) is 25.2 Å². The van der Waals surface area contributed by atoms with Crippen molar-refractivity contribution >= 4 is 26.7 Å². The minimum atomic E-state index is -3.48. The maximum absolute atomic E-state index is 12.3. The minimum absolute atomic E-state index is 0.000274. The normalized spacial score (nSPS) is 11.9. The molecular formula is C18H24N6O3S. The summed E-state index contributed by atoms with van der Waals surface area (Å²) in [4.78, 5) is 16.5. The molecule has 2 N–H and O–H groups in total. The predicted octanol–water partition coefficient (Wildman–Crippen LogP) is 1.55. The highest BCUT2D eigenvalue weighted by Crippen LogP contribution is 2.24. The number of hydrogen-bond acceptors (Lipinski definition) is 8. The van der Waals surface area contributed by atoms with Gasteiger partial charge in [-0.1, -0.05) is 0 Å². The molecule has 0 fully saturated rings. The van der Waals surface area contributed by atoms with Gasteiger partial charge in [-0.2, -0.15) is 0 Å². The van der Waals surface area contributed by atoms with Crippen molar-refractivity contribution in [1.29, 1.82) is 0 Å². The molecule has 0 bridgehead atoms. The molecule has 0 spiro atoms. The van der Waals surface area contributed by atoms with Crippen LogP contribution in [0.5, 0.6) is 0 Å². The Bertz CT molecular complexity index is 1050. The Morgan fingerprint density at radius 1 is 1.18 bits per heavy atom. The second-order valence-corrected chi connectivity index (χ2v) is 8.51. The van der Waals surface area contributed by atoms with E-state index in [4.69, 9.17) is 10.5 Å². The lowest BCUT2D eigenvalue weighted by atomic mass is 10.2. The molecule has 0 amide bonds. The molecule has 0 aromatic carbocycles. The first-order chi connectivity index (χ1) is 13.4. The van der Waals surface area contributed by atoms with Crippen LogP contribution in [0.25, 0.3) is 11.0 Å². The van der Waals surface area contributed by atoms with Gasteiger partial charge in [-0.15, -0.1) is 0 Å². The number of hydrogen-bond donors (Lipinski definition) is 1. The van der Waals surface area contributed by atoms with Crippen molar-refractivity contribution in [3.8, 4) is 0 Å². The molecule has 0 aliphatic heterocycles. The summed E-state index contributed by atoms with van der Waals surface area (Å²) in [5.41, 5.74) is 8.59. The Balaban J connectivity index is 1.75. The van der Waals surface area contributed by atoms with Crippen LogP contribution in [0.1, 0.15) is 24.2 Å². The van der Waals surface area contributed by atoms with Crippen LogP contribution in [-0.2, 0) is 27.5 Å². The summed E-state index contributed by atoms with van der Waals surface area (Å²) in [5, 5.41) is -0.126. The first-order valence-corrected chi connectivity index (χ1v) is 10.7. The van der Waals surface area contributed by atoms with Gasteiger partial charge in [0.1, 0.15) is 11.3 Å². The van der Waals surface area contributed by atoms with Crippen molar-refractivity contribution in [3.63, 3.8) is 0 Å². The van der Waals surface area contributed by atoms with E-state index < -0.39 is 9.84 Å². The number of aromatic nitrogens is 5. The number of ether oxygens (including phenoxy) is 1. The van der Waals surface area contributed by atoms with E-state index in [-0.39, 0.29) is 10.9 Å². The summed E-state index contributed by atoms with van der Waals surface area (Å²) < 4.78 is 31.9. The lowest BCUT2D eigenvalue weighted by Gasteiger charge is -2.10. The van der Waals surface area contributed by atoms with Gasteiger partial charge in [0.25, 0.3) is 0 Å². The monoisotopic (exact) mass is 404 g/mol. The lowest BCUT2D eigenvalue weighted by Crippen LogP contribution is -2.12. The van der Waals surface area contributed by atoms with E-state index in [2.05, 4.69) is 24.5 Å². The predicted molar refractivity (Wildman–Crippen MR) is 106 cm³/mol. The summed E-state index contributed by atoms with van der Waals surface area (Å²) >= 11 is 0. The van der Waals surface area contributed by atoms with E-state index in [0.717, 1.165) is 16.9 Å². The summed E-state index contributed by atoms with van der Waals surface area (Å²) in [6, 6.07) is 1.59. The second-order valence-electron chi connectivity index (χ2n) is 6.50. The van der Waals surface area contributed by atoms with Crippen LogP contribution in [-0.4, -0.2) is 52.4 Å². The van der Waals surface area contributed by atoms with E-state index in [1.807, 2.05) is 6.92 Å². The number of nitrogens with zero attached hydrogens (tertiary/aromatic N) is 5. The van der Waals surface area contributed by atoms with Gasteiger partial charge < -0.3 is 15.0 Å². The minimum Gasteiger partial charge on any atom is -0.384 e. The first-order valence-electron chi connectivity index (χ1n) is 9.03. The number of rotatable bonds is 9. The molecule has 0 radical (unpaired) electrons. The molecule has 3 rings (SSSR count). The van der Waals surface area contributed by atoms with Crippen LogP contribution in [0.15, 0.2) is 29.8 Å². The Morgan fingerprint density at radius 3 is 2.64 bits per heavy atom. The van der Waals surface area contributed by atoms with Gasteiger partial charge in [0.15, 0.2) is 5.82 Å². The molecule has 3 heterocycles. The number of methoxy groups -OCH3 is 1. The molecule has 3 aromatic rings. The highest BCUT2D eigenvalue weighted by molar-refractivity contribution is 7.91. The van der Waals surface area contributed by atoms with Gasteiger partial charge >= 0.3 is 0 Å². The van der Waals surface area contributed by atoms with Gasteiger partial charge in [0.05, 0.1) is 17.9 Å². The zero-order valence-electron chi connectivity index (χ0n) is 16.0. The third-order valence-corrected chi connectivity index (χ3v) is 6.05. The molecule has 10 heteroatoms. The summed E-state index contributed by atoms with van der Waals surface area (Å²) in [6.45, 7) is 3.13. The standard InChI is InChI=1S/C18H24N6O3S/c1-13-12-22-17(19)15-16(13)24(14(23-15)6-10-27-2)9-3-4-11-28(25,26)18-20-7-5-8-21-18/h5,7-8,12H,3-4,6,9-11H2,1-2H3,(H2,19,22). The molecule has 0 saturated heterocycles. The van der Waals surface area contributed by atoms with Gasteiger partial charge in [-0.3, -0.25) is 0 Å². The fraction of sp³-hybridized carbons (Fsp3) is 0.444. The van der Waals surface area contributed by atoms with Crippen molar-refractivity contribution in [1.82, 2.24) is 24.5 Å². The number of nitrogen functional groups attached to an aromatic ring is 1. The maximum atomic E-state index is 12.3. The Labute approximate surface area is 163 Å². The van der Waals surface area contributed by atoms with E-state index >= 15 is 0 Å². The number of unbranched alkanes of at least 4 members (excludes halogenated alkanes) is 1. The SMILES string of the molecule is COCCc1nc2c(N)ncc(C)c2n1CCCCS(=O)(=O)c1ncccn1. The fourth-order valence-corrected chi connectivity index (χ4v) is 4.30. The van der Waals surface area contributed by atoms with Crippen molar-refractivity contribution in [3.05, 3.63) is 36.0 Å². The molecule has 0 atom stereocenters. The molecule has 9 nitrogen and oxygen atoms in total. The Kier molecular flexibility index (Phi) is 6.20. The molecule has 0 unspecified atom stereocenters. The zero-order chi connectivity index (χ0) is 20.1. The first kappa shape index (κ1) is 20.2. The van der Waals surface area contributed by atoms with Gasteiger partial charge in [-0.25, -0.2) is 28.4 Å². The third-order valence-electron chi connectivity index (χ3n) is 4.45. The maximum Gasteiger partial charge on any atom is 0.246 e. The lowest BCUT2D eigenvalue weighted by molar-refractivity contribution is 0.199. The van der Waals surface area contributed by atoms with Crippen molar-refractivity contribution in [2.45, 2.75) is 37.9 Å². The Hall–Kier alpha value is -2.59. The molecule has 150 valence electrons. The fourth-order valence-electron chi connectivity index (χ4n) is 3.09. The smallest absolute Gasteiger partial charge is 0.246 e. The van der Waals surface area contributed by atoms with Crippen LogP contribution in [0.2, 0.25) is 0 Å². The van der Waals surface area contributed by atoms with Crippen LogP contribution in [0.3, 0.4) is 0 Å². The molecule has 28 heavy (non-hydrogen) atoms. The number of sulfone groups is 1. The van der Waals surface area contributed by atoms with Crippen LogP contribution < -0.4 is 5.73 Å². The average Bonchev–Trinajstić information content (AvgIpc) is 3.07. The summed E-state index contributed by atoms with van der Waals surface area (Å²) in [5.74, 6) is 1.25. The highest BCUT2D eigenvalue weighted by atomic mass is 32.2. The summed E-state index contributed by atoms with van der Waals surface area (Å²) in [7, 11) is -1.84. The second kappa shape index (κ2) is 8.61. The number of pyridine rings is 1. The molecule has 3 aromatic heterocycles.